The molecule has 1 aromatic heterocycles. The zero-order valence-corrected chi connectivity index (χ0v) is 22.9. The molecule has 2 aliphatic carbocycles. The summed E-state index contributed by atoms with van der Waals surface area (Å²) in [4.78, 5) is 28.4. The molecule has 1 unspecified atom stereocenters. The van der Waals surface area contributed by atoms with E-state index < -0.39 is 11.7 Å². The lowest BCUT2D eigenvalue weighted by Gasteiger charge is -2.34. The van der Waals surface area contributed by atoms with E-state index in [-0.39, 0.29) is 24.1 Å². The summed E-state index contributed by atoms with van der Waals surface area (Å²) in [6, 6.07) is 16.2. The average Bonchev–Trinajstić information content (AvgIpc) is 3.60. The molecule has 5 rings (SSSR count). The van der Waals surface area contributed by atoms with Crippen LogP contribution in [0.4, 0.5) is 4.79 Å². The maximum Gasteiger partial charge on any atom is 0.435 e. The third-order valence-corrected chi connectivity index (χ3v) is 6.89. The number of benzene rings is 2. The van der Waals surface area contributed by atoms with Crippen molar-refractivity contribution in [1.82, 2.24) is 14.7 Å². The predicted octanol–water partition coefficient (Wildman–Crippen LogP) is 6.28. The van der Waals surface area contributed by atoms with Crippen LogP contribution in [0.15, 0.2) is 54.7 Å². The van der Waals surface area contributed by atoms with Crippen molar-refractivity contribution < 1.29 is 19.1 Å². The molecule has 0 aliphatic heterocycles. The molecule has 1 saturated carbocycles. The van der Waals surface area contributed by atoms with E-state index in [1.54, 1.807) is 6.20 Å². The van der Waals surface area contributed by atoms with E-state index in [4.69, 9.17) is 9.47 Å². The second kappa shape index (κ2) is 10.3. The summed E-state index contributed by atoms with van der Waals surface area (Å²) < 4.78 is 12.8. The number of hydrogen-bond acceptors (Lipinski definition) is 5. The number of aryl methyl sites for hydroxylation is 1. The van der Waals surface area contributed by atoms with Crippen molar-refractivity contribution in [2.75, 3.05) is 0 Å². The van der Waals surface area contributed by atoms with Gasteiger partial charge in [0.2, 0.25) is 0 Å². The molecule has 0 saturated heterocycles. The first kappa shape index (κ1) is 26.0. The van der Waals surface area contributed by atoms with Crippen LogP contribution in [0, 0.1) is 0 Å². The molecule has 0 N–H and O–H groups in total. The Labute approximate surface area is 224 Å². The fourth-order valence-corrected chi connectivity index (χ4v) is 5.11. The van der Waals surface area contributed by atoms with Crippen molar-refractivity contribution >= 4 is 12.0 Å². The van der Waals surface area contributed by atoms with Crippen molar-refractivity contribution in [3.63, 3.8) is 0 Å². The number of aromatic nitrogens is 2. The van der Waals surface area contributed by atoms with Crippen LogP contribution in [0.3, 0.4) is 0 Å². The van der Waals surface area contributed by atoms with Gasteiger partial charge in [-0.25, -0.2) is 4.79 Å². The first-order chi connectivity index (χ1) is 18.1. The van der Waals surface area contributed by atoms with E-state index in [1.165, 1.54) is 4.68 Å². The second-order valence-corrected chi connectivity index (χ2v) is 11.6. The minimum Gasteiger partial charge on any atom is -0.490 e. The summed E-state index contributed by atoms with van der Waals surface area (Å²) in [5.74, 6) is 0.907. The maximum absolute atomic E-state index is 13.8. The number of amides is 1. The number of rotatable bonds is 6. The number of fused-ring (bicyclic) bond motifs is 1. The molecule has 38 heavy (non-hydrogen) atoms. The summed E-state index contributed by atoms with van der Waals surface area (Å²) in [7, 11) is 0. The van der Waals surface area contributed by atoms with Crippen LogP contribution in [0.2, 0.25) is 0 Å². The molecule has 200 valence electrons. The van der Waals surface area contributed by atoms with Crippen molar-refractivity contribution in [2.24, 2.45) is 0 Å². The van der Waals surface area contributed by atoms with Gasteiger partial charge >= 0.3 is 6.09 Å². The van der Waals surface area contributed by atoms with Crippen molar-refractivity contribution in [3.8, 4) is 16.9 Å². The highest BCUT2D eigenvalue weighted by molar-refractivity contribution is 5.95. The average molecular weight is 516 g/mol. The molecular formula is C31H37N3O4. The number of ether oxygens (including phenoxy) is 2. The number of para-hydroxylation sites is 1. The summed E-state index contributed by atoms with van der Waals surface area (Å²) in [6.45, 7) is 9.56. The van der Waals surface area contributed by atoms with Gasteiger partial charge in [0.15, 0.2) is 0 Å². The Balaban J connectivity index is 1.33. The van der Waals surface area contributed by atoms with Gasteiger partial charge in [-0.05, 0) is 96.0 Å². The van der Waals surface area contributed by atoms with Crippen LogP contribution in [0.1, 0.15) is 75.5 Å². The predicted molar refractivity (Wildman–Crippen MR) is 147 cm³/mol. The SMILES string of the molecule is CC(C)Oc1ccccc1-c1ccc(C(=O)N(C2CC2)C2CCc3nn(C(=O)OC(C)(C)C)cc3C2)cc1. The number of nitrogens with zero attached hydrogens (tertiary/aromatic N) is 3. The zero-order valence-electron chi connectivity index (χ0n) is 22.9. The molecule has 7 nitrogen and oxygen atoms in total. The molecule has 1 heterocycles. The summed E-state index contributed by atoms with van der Waals surface area (Å²) in [5.41, 5.74) is 4.08. The minimum absolute atomic E-state index is 0.0683. The fourth-order valence-electron chi connectivity index (χ4n) is 5.11. The largest absolute Gasteiger partial charge is 0.490 e. The van der Waals surface area contributed by atoms with Gasteiger partial charge in [-0.15, -0.1) is 0 Å². The second-order valence-electron chi connectivity index (χ2n) is 11.6. The lowest BCUT2D eigenvalue weighted by molar-refractivity contribution is 0.0513. The van der Waals surface area contributed by atoms with Crippen molar-refractivity contribution in [1.29, 1.82) is 0 Å². The Bertz CT molecular complexity index is 1320. The zero-order chi connectivity index (χ0) is 27.0. The Kier molecular flexibility index (Phi) is 7.03. The molecule has 0 spiro atoms. The third kappa shape index (κ3) is 5.77. The van der Waals surface area contributed by atoms with E-state index in [9.17, 15) is 9.59 Å². The molecule has 1 fully saturated rings. The summed E-state index contributed by atoms with van der Waals surface area (Å²) in [5, 5.41) is 4.48. The maximum atomic E-state index is 13.8. The lowest BCUT2D eigenvalue weighted by Crippen LogP contribution is -2.44. The van der Waals surface area contributed by atoms with Gasteiger partial charge in [0.1, 0.15) is 11.4 Å². The third-order valence-electron chi connectivity index (χ3n) is 6.89. The molecular weight excluding hydrogens is 478 g/mol. The van der Waals surface area contributed by atoms with E-state index in [2.05, 4.69) is 10.00 Å². The molecule has 3 aromatic rings. The van der Waals surface area contributed by atoms with Crippen LogP contribution in [-0.4, -0.2) is 50.5 Å². The van der Waals surface area contributed by atoms with Gasteiger partial charge in [0, 0.05) is 29.4 Å². The molecule has 0 radical (unpaired) electrons. The molecule has 7 heteroatoms. The van der Waals surface area contributed by atoms with Gasteiger partial charge in [-0.1, -0.05) is 30.3 Å². The first-order valence-corrected chi connectivity index (χ1v) is 13.6. The van der Waals surface area contributed by atoms with Gasteiger partial charge < -0.3 is 14.4 Å². The standard InChI is InChI=1S/C31H37N3O4/c1-20(2)37-28-9-7-6-8-26(28)21-10-12-22(13-11-21)29(35)34(24-14-15-24)25-16-17-27-23(18-25)19-33(32-27)30(36)38-31(3,4)5/h6-13,19-20,24-25H,14-18H2,1-5H3. The highest BCUT2D eigenvalue weighted by Crippen LogP contribution is 2.36. The Morgan fingerprint density at radius 2 is 1.71 bits per heavy atom. The monoisotopic (exact) mass is 515 g/mol. The van der Waals surface area contributed by atoms with Crippen LogP contribution >= 0.6 is 0 Å². The number of carbonyl (C=O) groups excluding carboxylic acids is 2. The van der Waals surface area contributed by atoms with E-state index in [0.717, 1.165) is 53.8 Å². The van der Waals surface area contributed by atoms with Gasteiger partial charge in [-0.3, -0.25) is 4.79 Å². The van der Waals surface area contributed by atoms with E-state index in [0.29, 0.717) is 12.0 Å². The number of carbonyl (C=O) groups is 2. The van der Waals surface area contributed by atoms with Crippen LogP contribution < -0.4 is 4.74 Å². The lowest BCUT2D eigenvalue weighted by atomic mass is 9.91. The van der Waals surface area contributed by atoms with Gasteiger partial charge in [0.25, 0.3) is 5.91 Å². The number of hydrogen-bond donors (Lipinski definition) is 0. The van der Waals surface area contributed by atoms with Crippen molar-refractivity contribution in [3.05, 3.63) is 71.5 Å². The Morgan fingerprint density at radius 3 is 2.37 bits per heavy atom. The molecule has 2 aromatic carbocycles. The molecule has 1 amide bonds. The Hall–Kier alpha value is -3.61. The van der Waals surface area contributed by atoms with Crippen LogP contribution in [0.5, 0.6) is 5.75 Å². The van der Waals surface area contributed by atoms with E-state index in [1.807, 2.05) is 83.1 Å². The summed E-state index contributed by atoms with van der Waals surface area (Å²) >= 11 is 0. The van der Waals surface area contributed by atoms with Crippen LogP contribution in [0.25, 0.3) is 11.1 Å². The first-order valence-electron chi connectivity index (χ1n) is 13.6. The highest BCUT2D eigenvalue weighted by atomic mass is 16.6. The quantitative estimate of drug-likeness (QED) is 0.386. The highest BCUT2D eigenvalue weighted by Gasteiger charge is 2.39. The minimum atomic E-state index is -0.583. The van der Waals surface area contributed by atoms with Gasteiger partial charge in [-0.2, -0.15) is 9.78 Å². The fraction of sp³-hybridized carbons (Fsp3) is 0.452. The van der Waals surface area contributed by atoms with Crippen LogP contribution in [-0.2, 0) is 17.6 Å². The van der Waals surface area contributed by atoms with E-state index >= 15 is 0 Å². The molecule has 1 atom stereocenters. The summed E-state index contributed by atoms with van der Waals surface area (Å²) in [6.07, 6.45) is 5.70. The normalized spacial score (nSPS) is 17.2. The smallest absolute Gasteiger partial charge is 0.435 e. The van der Waals surface area contributed by atoms with Gasteiger partial charge in [0.05, 0.1) is 11.8 Å². The molecule has 0 bridgehead atoms. The molecule has 2 aliphatic rings. The topological polar surface area (TPSA) is 73.7 Å². The Morgan fingerprint density at radius 1 is 1.00 bits per heavy atom. The van der Waals surface area contributed by atoms with Crippen molar-refractivity contribution in [2.45, 2.75) is 90.5 Å².